The summed E-state index contributed by atoms with van der Waals surface area (Å²) in [6, 6.07) is 11.0. The lowest BCUT2D eigenvalue weighted by Crippen LogP contribution is -2.57. The Morgan fingerprint density at radius 1 is 1.00 bits per heavy atom. The van der Waals surface area contributed by atoms with Gasteiger partial charge in [0.1, 0.15) is 5.82 Å². The van der Waals surface area contributed by atoms with E-state index in [0.29, 0.717) is 54.3 Å². The third kappa shape index (κ3) is 5.86. The number of nitrogens with one attached hydrogen (secondary N) is 1. The molecule has 2 amide bonds. The predicted molar refractivity (Wildman–Crippen MR) is 128 cm³/mol. The molecular formula is C25H28Cl2FN3O2. The van der Waals surface area contributed by atoms with Crippen LogP contribution < -0.4 is 5.32 Å². The molecule has 176 valence electrons. The fraction of sp³-hybridized carbons (Fsp3) is 0.440. The average Bonchev–Trinajstić information content (AvgIpc) is 3.34. The van der Waals surface area contributed by atoms with Crippen molar-refractivity contribution >= 4 is 35.0 Å². The van der Waals surface area contributed by atoms with E-state index in [0.717, 1.165) is 31.2 Å². The lowest BCUT2D eigenvalue weighted by molar-refractivity contribution is -0.129. The van der Waals surface area contributed by atoms with Crippen molar-refractivity contribution in [3.8, 4) is 0 Å². The predicted octanol–water partition coefficient (Wildman–Crippen LogP) is 4.77. The minimum atomic E-state index is -0.308. The summed E-state index contributed by atoms with van der Waals surface area (Å²) in [6.45, 7) is 2.64. The zero-order valence-corrected chi connectivity index (χ0v) is 19.9. The topological polar surface area (TPSA) is 52.7 Å². The zero-order valence-electron chi connectivity index (χ0n) is 18.4. The number of hydrogen-bond acceptors (Lipinski definition) is 3. The number of benzene rings is 2. The normalized spacial score (nSPS) is 18.3. The molecule has 4 rings (SSSR count). The lowest BCUT2D eigenvalue weighted by atomic mass is 9.94. The second kappa shape index (κ2) is 10.9. The molecule has 1 heterocycles. The van der Waals surface area contributed by atoms with E-state index in [2.05, 4.69) is 10.2 Å². The first-order chi connectivity index (χ1) is 15.9. The standard InChI is InChI=1S/C25H28Cl2FN3O2/c26-21-9-8-19(15-22(21)27)25(33)31-12-10-30(11-13-31)23(18-5-1-2-6-18)24(32)29-16-17-4-3-7-20(28)14-17/h3-4,7-9,14-15,18,23H,1-2,5-6,10-13,16H2,(H,29,32)/t23-/m0/s1. The second-order valence-electron chi connectivity index (χ2n) is 8.79. The summed E-state index contributed by atoms with van der Waals surface area (Å²) in [5, 5.41) is 3.79. The molecule has 1 aliphatic heterocycles. The van der Waals surface area contributed by atoms with E-state index < -0.39 is 0 Å². The van der Waals surface area contributed by atoms with E-state index in [-0.39, 0.29) is 23.7 Å². The summed E-state index contributed by atoms with van der Waals surface area (Å²) in [5.74, 6) is -0.108. The van der Waals surface area contributed by atoms with Gasteiger partial charge >= 0.3 is 0 Å². The maximum Gasteiger partial charge on any atom is 0.253 e. The van der Waals surface area contributed by atoms with Crippen LogP contribution in [0.4, 0.5) is 4.39 Å². The molecule has 1 atom stereocenters. The Labute approximate surface area is 203 Å². The van der Waals surface area contributed by atoms with Gasteiger partial charge in [0, 0.05) is 38.3 Å². The number of halogens is 3. The molecule has 1 N–H and O–H groups in total. The Hall–Kier alpha value is -2.15. The molecule has 0 radical (unpaired) electrons. The van der Waals surface area contributed by atoms with Gasteiger partial charge in [-0.15, -0.1) is 0 Å². The highest BCUT2D eigenvalue weighted by Gasteiger charge is 2.37. The lowest BCUT2D eigenvalue weighted by Gasteiger charge is -2.40. The number of amides is 2. The smallest absolute Gasteiger partial charge is 0.253 e. The molecule has 0 unspecified atom stereocenters. The van der Waals surface area contributed by atoms with E-state index in [1.807, 2.05) is 0 Å². The molecule has 1 aliphatic carbocycles. The summed E-state index contributed by atoms with van der Waals surface area (Å²) in [7, 11) is 0. The Balaban J connectivity index is 1.39. The third-order valence-corrected chi connectivity index (χ3v) is 7.37. The van der Waals surface area contributed by atoms with Crippen LogP contribution in [0.5, 0.6) is 0 Å². The number of carbonyl (C=O) groups excluding carboxylic acids is 2. The monoisotopic (exact) mass is 491 g/mol. The van der Waals surface area contributed by atoms with E-state index in [9.17, 15) is 14.0 Å². The number of piperazine rings is 1. The van der Waals surface area contributed by atoms with Crippen molar-refractivity contribution < 1.29 is 14.0 Å². The van der Waals surface area contributed by atoms with Crippen molar-refractivity contribution in [2.45, 2.75) is 38.3 Å². The summed E-state index contributed by atoms with van der Waals surface area (Å²) < 4.78 is 13.5. The molecule has 5 nitrogen and oxygen atoms in total. The van der Waals surface area contributed by atoms with Crippen LogP contribution in [0.25, 0.3) is 0 Å². The van der Waals surface area contributed by atoms with Crippen LogP contribution in [0.15, 0.2) is 42.5 Å². The van der Waals surface area contributed by atoms with E-state index in [1.165, 1.54) is 12.1 Å². The molecule has 2 aliphatic rings. The van der Waals surface area contributed by atoms with Crippen LogP contribution in [-0.4, -0.2) is 53.8 Å². The van der Waals surface area contributed by atoms with Gasteiger partial charge in [0.05, 0.1) is 16.1 Å². The SMILES string of the molecule is O=C(NCc1cccc(F)c1)[C@H](C1CCCC1)N1CCN(C(=O)c2ccc(Cl)c(Cl)c2)CC1. The van der Waals surface area contributed by atoms with Crippen LogP contribution >= 0.6 is 23.2 Å². The van der Waals surface area contributed by atoms with Gasteiger partial charge in [-0.3, -0.25) is 14.5 Å². The summed E-state index contributed by atoms with van der Waals surface area (Å²) in [5.41, 5.74) is 1.25. The maximum absolute atomic E-state index is 13.5. The van der Waals surface area contributed by atoms with Crippen molar-refractivity contribution in [1.82, 2.24) is 15.1 Å². The van der Waals surface area contributed by atoms with E-state index in [4.69, 9.17) is 23.2 Å². The first-order valence-electron chi connectivity index (χ1n) is 11.4. The number of hydrogen-bond donors (Lipinski definition) is 1. The highest BCUT2D eigenvalue weighted by molar-refractivity contribution is 6.42. The van der Waals surface area contributed by atoms with E-state index in [1.54, 1.807) is 35.2 Å². The summed E-state index contributed by atoms with van der Waals surface area (Å²) in [6.07, 6.45) is 4.32. The highest BCUT2D eigenvalue weighted by Crippen LogP contribution is 2.31. The quantitative estimate of drug-likeness (QED) is 0.633. The van der Waals surface area contributed by atoms with Gasteiger partial charge < -0.3 is 10.2 Å². The van der Waals surface area contributed by atoms with Crippen molar-refractivity contribution in [3.05, 3.63) is 69.5 Å². The van der Waals surface area contributed by atoms with Crippen LogP contribution in [-0.2, 0) is 11.3 Å². The van der Waals surface area contributed by atoms with Gasteiger partial charge in [-0.1, -0.05) is 48.2 Å². The molecule has 1 saturated heterocycles. The van der Waals surface area contributed by atoms with Gasteiger partial charge in [0.15, 0.2) is 0 Å². The molecule has 0 aromatic heterocycles. The number of carbonyl (C=O) groups is 2. The van der Waals surface area contributed by atoms with Crippen LogP contribution in [0, 0.1) is 11.7 Å². The number of nitrogens with zero attached hydrogens (tertiary/aromatic N) is 2. The molecule has 2 aromatic rings. The van der Waals surface area contributed by atoms with Crippen LogP contribution in [0.3, 0.4) is 0 Å². The van der Waals surface area contributed by atoms with Crippen molar-refractivity contribution in [1.29, 1.82) is 0 Å². The average molecular weight is 492 g/mol. The molecular weight excluding hydrogens is 464 g/mol. The molecule has 0 bridgehead atoms. The first kappa shape index (κ1) is 24.0. The third-order valence-electron chi connectivity index (χ3n) is 6.63. The van der Waals surface area contributed by atoms with E-state index >= 15 is 0 Å². The van der Waals surface area contributed by atoms with Gasteiger partial charge in [-0.25, -0.2) is 4.39 Å². The minimum Gasteiger partial charge on any atom is -0.351 e. The molecule has 2 aromatic carbocycles. The molecule has 1 saturated carbocycles. The first-order valence-corrected chi connectivity index (χ1v) is 12.2. The molecule has 8 heteroatoms. The van der Waals surface area contributed by atoms with Crippen molar-refractivity contribution in [2.75, 3.05) is 26.2 Å². The summed E-state index contributed by atoms with van der Waals surface area (Å²) in [4.78, 5) is 30.2. The number of rotatable bonds is 6. The van der Waals surface area contributed by atoms with Gasteiger partial charge in [-0.2, -0.15) is 0 Å². The molecule has 2 fully saturated rings. The second-order valence-corrected chi connectivity index (χ2v) is 9.61. The zero-order chi connectivity index (χ0) is 23.4. The van der Waals surface area contributed by atoms with Gasteiger partial charge in [0.25, 0.3) is 5.91 Å². The van der Waals surface area contributed by atoms with Crippen LogP contribution in [0.1, 0.15) is 41.6 Å². The fourth-order valence-corrected chi connectivity index (χ4v) is 5.20. The highest BCUT2D eigenvalue weighted by atomic mass is 35.5. The van der Waals surface area contributed by atoms with Gasteiger partial charge in [-0.05, 0) is 54.7 Å². The Morgan fingerprint density at radius 2 is 1.73 bits per heavy atom. The van der Waals surface area contributed by atoms with Crippen LogP contribution in [0.2, 0.25) is 10.0 Å². The van der Waals surface area contributed by atoms with Crippen molar-refractivity contribution in [3.63, 3.8) is 0 Å². The molecule has 33 heavy (non-hydrogen) atoms. The van der Waals surface area contributed by atoms with Crippen molar-refractivity contribution in [2.24, 2.45) is 5.92 Å². The Kier molecular flexibility index (Phi) is 7.89. The molecule has 0 spiro atoms. The minimum absolute atomic E-state index is 0.0181. The Bertz CT molecular complexity index is 1000. The summed E-state index contributed by atoms with van der Waals surface area (Å²) >= 11 is 12.0. The largest absolute Gasteiger partial charge is 0.351 e. The van der Waals surface area contributed by atoms with Gasteiger partial charge in [0.2, 0.25) is 5.91 Å². The maximum atomic E-state index is 13.5. The fourth-order valence-electron chi connectivity index (χ4n) is 4.91. The Morgan fingerprint density at radius 3 is 2.39 bits per heavy atom.